The molecule has 1 aliphatic carbocycles. The third-order valence-electron chi connectivity index (χ3n) is 3.16. The van der Waals surface area contributed by atoms with Crippen LogP contribution in [0.25, 0.3) is 0 Å². The van der Waals surface area contributed by atoms with E-state index in [1.54, 1.807) is 7.11 Å². The van der Waals surface area contributed by atoms with Crippen LogP contribution in [-0.2, 0) is 11.2 Å². The summed E-state index contributed by atoms with van der Waals surface area (Å²) in [7, 11) is 1.67. The molecule has 1 aromatic rings. The van der Waals surface area contributed by atoms with Gasteiger partial charge in [0.05, 0.1) is 11.9 Å². The van der Waals surface area contributed by atoms with Crippen molar-refractivity contribution in [3.05, 3.63) is 29.3 Å². The van der Waals surface area contributed by atoms with Crippen molar-refractivity contribution in [2.75, 3.05) is 7.11 Å². The van der Waals surface area contributed by atoms with E-state index < -0.39 is 0 Å². The molecular formula is C14H17BrO2. The van der Waals surface area contributed by atoms with Crippen LogP contribution < -0.4 is 4.74 Å². The van der Waals surface area contributed by atoms with E-state index in [0.29, 0.717) is 11.7 Å². The van der Waals surface area contributed by atoms with Crippen molar-refractivity contribution in [1.29, 1.82) is 0 Å². The molecule has 92 valence electrons. The molecule has 0 aliphatic heterocycles. The maximum atomic E-state index is 11.8. The lowest BCUT2D eigenvalue weighted by Gasteiger charge is -2.10. The third kappa shape index (κ3) is 3.09. The van der Waals surface area contributed by atoms with Crippen molar-refractivity contribution in [2.24, 2.45) is 5.92 Å². The number of carbonyl (C=O) groups excluding carboxylic acids is 1. The van der Waals surface area contributed by atoms with Gasteiger partial charge in [0.15, 0.2) is 0 Å². The quantitative estimate of drug-likeness (QED) is 0.780. The predicted molar refractivity (Wildman–Crippen MR) is 71.9 cm³/mol. The molecule has 1 saturated carbocycles. The minimum Gasteiger partial charge on any atom is -0.496 e. The Kier molecular flexibility index (Phi) is 3.87. The van der Waals surface area contributed by atoms with Gasteiger partial charge in [0.2, 0.25) is 0 Å². The standard InChI is InChI=1S/C14H17BrO2/c1-9-7-10(3-6-13(9)17-2)8-12(15)14(16)11-4-5-11/h3,6-7,11-12H,4-5,8H2,1-2H3. The van der Waals surface area contributed by atoms with Gasteiger partial charge in [0.25, 0.3) is 0 Å². The molecule has 0 bridgehead atoms. The molecule has 17 heavy (non-hydrogen) atoms. The lowest BCUT2D eigenvalue weighted by atomic mass is 10.0. The molecule has 1 aliphatic rings. The van der Waals surface area contributed by atoms with Crippen LogP contribution >= 0.6 is 15.9 Å². The molecule has 1 atom stereocenters. The van der Waals surface area contributed by atoms with Crippen LogP contribution in [0.3, 0.4) is 0 Å². The zero-order valence-electron chi connectivity index (χ0n) is 10.2. The number of Topliss-reactive ketones (excluding diaryl/α,β-unsaturated/α-hetero) is 1. The van der Waals surface area contributed by atoms with Gasteiger partial charge in [0.1, 0.15) is 11.5 Å². The molecule has 0 heterocycles. The molecule has 2 nitrogen and oxygen atoms in total. The second kappa shape index (κ2) is 5.21. The fourth-order valence-corrected chi connectivity index (χ4v) is 2.75. The summed E-state index contributed by atoms with van der Waals surface area (Å²) in [5, 5.41) is 0. The topological polar surface area (TPSA) is 26.3 Å². The summed E-state index contributed by atoms with van der Waals surface area (Å²) < 4.78 is 5.22. The van der Waals surface area contributed by atoms with Crippen molar-refractivity contribution < 1.29 is 9.53 Å². The number of rotatable bonds is 5. The van der Waals surface area contributed by atoms with E-state index in [1.807, 2.05) is 19.1 Å². The Hall–Kier alpha value is -0.830. The fourth-order valence-electron chi connectivity index (χ4n) is 2.00. The van der Waals surface area contributed by atoms with Gasteiger partial charge in [-0.1, -0.05) is 28.1 Å². The molecule has 0 N–H and O–H groups in total. The molecule has 0 aromatic heterocycles. The molecule has 3 heteroatoms. The highest BCUT2D eigenvalue weighted by Gasteiger charge is 2.33. The number of ketones is 1. The number of hydrogen-bond acceptors (Lipinski definition) is 2. The van der Waals surface area contributed by atoms with E-state index in [9.17, 15) is 4.79 Å². The Morgan fingerprint density at radius 1 is 1.53 bits per heavy atom. The second-order valence-electron chi connectivity index (χ2n) is 4.65. The van der Waals surface area contributed by atoms with Gasteiger partial charge in [-0.25, -0.2) is 0 Å². The number of aryl methyl sites for hydroxylation is 1. The van der Waals surface area contributed by atoms with Gasteiger partial charge in [-0.3, -0.25) is 4.79 Å². The summed E-state index contributed by atoms with van der Waals surface area (Å²) >= 11 is 3.50. The minimum absolute atomic E-state index is 0.0391. The summed E-state index contributed by atoms with van der Waals surface area (Å²) in [6.45, 7) is 2.02. The number of alkyl halides is 1. The van der Waals surface area contributed by atoms with Crippen LogP contribution in [0, 0.1) is 12.8 Å². The third-order valence-corrected chi connectivity index (χ3v) is 3.94. The summed E-state index contributed by atoms with van der Waals surface area (Å²) in [4.78, 5) is 11.8. The summed E-state index contributed by atoms with van der Waals surface area (Å²) in [6, 6.07) is 6.08. The molecule has 1 aromatic carbocycles. The molecule has 1 unspecified atom stereocenters. The highest BCUT2D eigenvalue weighted by Crippen LogP contribution is 2.33. The van der Waals surface area contributed by atoms with E-state index in [2.05, 4.69) is 22.0 Å². The summed E-state index contributed by atoms with van der Waals surface area (Å²) in [6.07, 6.45) is 2.91. The van der Waals surface area contributed by atoms with Crippen LogP contribution in [0.15, 0.2) is 18.2 Å². The first-order valence-electron chi connectivity index (χ1n) is 5.93. The number of benzene rings is 1. The largest absolute Gasteiger partial charge is 0.496 e. The van der Waals surface area contributed by atoms with Crippen molar-refractivity contribution in [2.45, 2.75) is 31.0 Å². The number of hydrogen-bond donors (Lipinski definition) is 0. The summed E-state index contributed by atoms with van der Waals surface area (Å²) in [5.41, 5.74) is 2.29. The van der Waals surface area contributed by atoms with E-state index in [0.717, 1.165) is 30.6 Å². The Morgan fingerprint density at radius 3 is 2.76 bits per heavy atom. The van der Waals surface area contributed by atoms with Gasteiger partial charge in [0, 0.05) is 5.92 Å². The average Bonchev–Trinajstić information content (AvgIpc) is 3.12. The maximum absolute atomic E-state index is 11.8. The first-order valence-corrected chi connectivity index (χ1v) is 6.84. The molecule has 2 rings (SSSR count). The average molecular weight is 297 g/mol. The molecule has 0 saturated heterocycles. The zero-order valence-corrected chi connectivity index (χ0v) is 11.8. The Labute approximate surface area is 110 Å². The Bertz CT molecular complexity index is 424. The van der Waals surface area contributed by atoms with Gasteiger partial charge >= 0.3 is 0 Å². The van der Waals surface area contributed by atoms with Gasteiger partial charge in [-0.2, -0.15) is 0 Å². The molecule has 1 fully saturated rings. The Balaban J connectivity index is 2.02. The van der Waals surface area contributed by atoms with Crippen molar-refractivity contribution in [1.82, 2.24) is 0 Å². The SMILES string of the molecule is COc1ccc(CC(Br)C(=O)C2CC2)cc1C. The van der Waals surface area contributed by atoms with Gasteiger partial charge in [-0.05, 0) is 43.4 Å². The normalized spacial score (nSPS) is 16.6. The fraction of sp³-hybridized carbons (Fsp3) is 0.500. The highest BCUT2D eigenvalue weighted by atomic mass is 79.9. The molecule has 0 amide bonds. The molecule has 0 radical (unpaired) electrons. The van der Waals surface area contributed by atoms with Crippen molar-refractivity contribution in [3.8, 4) is 5.75 Å². The number of methoxy groups -OCH3 is 1. The van der Waals surface area contributed by atoms with Crippen LogP contribution in [0.2, 0.25) is 0 Å². The lowest BCUT2D eigenvalue weighted by molar-refractivity contribution is -0.119. The number of ether oxygens (including phenoxy) is 1. The van der Waals surface area contributed by atoms with E-state index in [1.165, 1.54) is 5.56 Å². The van der Waals surface area contributed by atoms with Crippen molar-refractivity contribution in [3.63, 3.8) is 0 Å². The number of carbonyl (C=O) groups is 1. The minimum atomic E-state index is -0.0391. The van der Waals surface area contributed by atoms with Crippen molar-refractivity contribution >= 4 is 21.7 Å². The predicted octanol–water partition coefficient (Wildman–Crippen LogP) is 3.29. The lowest BCUT2D eigenvalue weighted by Crippen LogP contribution is -2.18. The summed E-state index contributed by atoms with van der Waals surface area (Å²) in [5.74, 6) is 1.57. The van der Waals surface area contributed by atoms with E-state index >= 15 is 0 Å². The first kappa shape index (κ1) is 12.6. The van der Waals surface area contributed by atoms with Crippen LogP contribution in [-0.4, -0.2) is 17.7 Å². The first-order chi connectivity index (χ1) is 8.11. The maximum Gasteiger partial charge on any atom is 0.149 e. The highest BCUT2D eigenvalue weighted by molar-refractivity contribution is 9.10. The van der Waals surface area contributed by atoms with Crippen LogP contribution in [0.5, 0.6) is 5.75 Å². The van der Waals surface area contributed by atoms with Crippen LogP contribution in [0.4, 0.5) is 0 Å². The smallest absolute Gasteiger partial charge is 0.149 e. The number of halogens is 1. The second-order valence-corrected chi connectivity index (χ2v) is 5.76. The van der Waals surface area contributed by atoms with E-state index in [4.69, 9.17) is 4.74 Å². The van der Waals surface area contributed by atoms with Crippen LogP contribution in [0.1, 0.15) is 24.0 Å². The van der Waals surface area contributed by atoms with Gasteiger partial charge < -0.3 is 4.74 Å². The molecular weight excluding hydrogens is 280 g/mol. The van der Waals surface area contributed by atoms with Gasteiger partial charge in [-0.15, -0.1) is 0 Å². The monoisotopic (exact) mass is 296 g/mol. The molecule has 0 spiro atoms. The zero-order chi connectivity index (χ0) is 12.4. The Morgan fingerprint density at radius 2 is 2.24 bits per heavy atom. The van der Waals surface area contributed by atoms with E-state index in [-0.39, 0.29) is 4.83 Å².